The molecule has 1 aliphatic rings. The monoisotopic (exact) mass is 1000 g/mol. The number of carbonyl (C=O) groups excluding carboxylic acids is 5. The maximum absolute atomic E-state index is 12.8. The van der Waals surface area contributed by atoms with Crippen LogP contribution in [-0.2, 0) is 56.2 Å². The van der Waals surface area contributed by atoms with Crippen molar-refractivity contribution >= 4 is 46.9 Å². The number of aliphatic hydroxyl groups excluding tert-OH is 3. The number of benzene rings is 2. The van der Waals surface area contributed by atoms with Crippen molar-refractivity contribution in [1.82, 2.24) is 9.80 Å². The standard InChI is InChI=1S/C26H43N3O5.C26H39NO10/c1-18(2)21(30)24(3,4)27-20-13-11-19(12-14-20)17-34-23(32)25(5,6)29(10)16-15-28(9)22(31)26(7,8)33;1-8-25(4,5)24(34)35-12-14-9-10-15(11-16(14)27-21(30)13(2)3)37-26(6,7)20-17(22(31)32)18(28)19(29)23(33)36-20/h11-14,18,27,33H,15-17H2,1-10H3;9-11,13,17-20,23,28-29,33H,8,12H2,1-7H3,(H,27,30)(H,31,32)/i33D;1D. The predicted octanol–water partition coefficient (Wildman–Crippen LogP) is 5.14. The number of carboxylic acids is 1. The molecule has 3 rings (SSSR count). The minimum atomic E-state index is -1.83. The summed E-state index contributed by atoms with van der Waals surface area (Å²) in [5, 5.41) is 50.4. The van der Waals surface area contributed by atoms with Gasteiger partial charge in [0.15, 0.2) is 12.1 Å². The summed E-state index contributed by atoms with van der Waals surface area (Å²) in [6.07, 6.45) is -6.48. The number of hydrogen-bond donors (Lipinski definition) is 7. The first-order chi connectivity index (χ1) is 33.5. The molecule has 19 heteroatoms. The molecule has 400 valence electrons. The quantitative estimate of drug-likeness (QED) is 0.0710. The van der Waals surface area contributed by atoms with Gasteiger partial charge in [-0.2, -0.15) is 0 Å². The summed E-state index contributed by atoms with van der Waals surface area (Å²) in [4.78, 5) is 77.7. The van der Waals surface area contributed by atoms with E-state index in [1.165, 1.54) is 30.9 Å². The summed E-state index contributed by atoms with van der Waals surface area (Å²) >= 11 is 0. The van der Waals surface area contributed by atoms with Crippen LogP contribution in [0.4, 0.5) is 11.4 Å². The van der Waals surface area contributed by atoms with Gasteiger partial charge in [0.2, 0.25) is 7.34 Å². The third-order valence-corrected chi connectivity index (χ3v) is 12.4. The zero-order valence-electron chi connectivity index (χ0n) is 46.5. The molecule has 1 aliphatic heterocycles. The lowest BCUT2D eigenvalue weighted by molar-refractivity contribution is -0.291. The fraction of sp³-hybridized carbons (Fsp3) is 0.654. The van der Waals surface area contributed by atoms with Crippen LogP contribution in [0.15, 0.2) is 42.5 Å². The fourth-order valence-electron chi connectivity index (χ4n) is 7.14. The minimum Gasteiger partial charge on any atom is -0.485 e. The Labute approximate surface area is 422 Å². The van der Waals surface area contributed by atoms with Crippen molar-refractivity contribution in [2.75, 3.05) is 37.8 Å². The van der Waals surface area contributed by atoms with Crippen LogP contribution in [0.3, 0.4) is 0 Å². The lowest BCUT2D eigenvalue weighted by Gasteiger charge is -2.45. The van der Waals surface area contributed by atoms with Gasteiger partial charge in [-0.15, -0.1) is 0 Å². The van der Waals surface area contributed by atoms with Crippen LogP contribution >= 0.6 is 0 Å². The molecule has 0 aliphatic carbocycles. The molecule has 2 aromatic rings. The molecule has 0 spiro atoms. The first-order valence-corrected chi connectivity index (χ1v) is 23.7. The number of esters is 2. The Bertz CT molecular complexity index is 2200. The Morgan fingerprint density at radius 1 is 0.803 bits per heavy atom. The SMILES string of the molecule is [2H]CCC(C)(C)C(=O)OCc1ccc(OC(C)(C)C2OC(O)C(O)C(O)C2C(=O)O)cc1NC(=O)C(C)C.[2H]OC(C)(C)C(=O)N(C)CCN(C)C(C)(C)C(=O)OCc1ccc(NC(C)(C)C(=O)C(C)C)cc1. The summed E-state index contributed by atoms with van der Waals surface area (Å²) in [5.41, 5.74) is -2.67. The van der Waals surface area contributed by atoms with E-state index >= 15 is 0 Å². The highest BCUT2D eigenvalue weighted by atomic mass is 16.6. The number of carbonyl (C=O) groups is 6. The van der Waals surface area contributed by atoms with Crippen molar-refractivity contribution in [2.45, 2.75) is 170 Å². The number of carboxylic acid groups (broad SMARTS) is 1. The molecule has 1 heterocycles. The Kier molecular flexibility index (Phi) is 20.5. The van der Waals surface area contributed by atoms with Crippen molar-refractivity contribution < 1.29 is 74.6 Å². The van der Waals surface area contributed by atoms with Gasteiger partial charge < -0.3 is 60.0 Å². The Balaban J connectivity index is 0.000000502. The highest BCUT2D eigenvalue weighted by Crippen LogP contribution is 2.36. The second-order valence-electron chi connectivity index (χ2n) is 21.4. The van der Waals surface area contributed by atoms with Crippen LogP contribution in [0, 0.1) is 23.2 Å². The number of nitrogens with one attached hydrogen (secondary N) is 2. The maximum atomic E-state index is 12.8. The van der Waals surface area contributed by atoms with E-state index < -0.39 is 70.2 Å². The molecular weight excluding hydrogens is 921 g/mol. The third kappa shape index (κ3) is 17.2. The topological polar surface area (TPSA) is 271 Å². The maximum Gasteiger partial charge on any atom is 0.326 e. The predicted molar refractivity (Wildman–Crippen MR) is 267 cm³/mol. The smallest absolute Gasteiger partial charge is 0.326 e. The number of ether oxygens (including phenoxy) is 4. The van der Waals surface area contributed by atoms with Crippen molar-refractivity contribution in [3.63, 3.8) is 0 Å². The van der Waals surface area contributed by atoms with Gasteiger partial charge in [-0.1, -0.05) is 46.7 Å². The second-order valence-corrected chi connectivity index (χ2v) is 21.4. The summed E-state index contributed by atoms with van der Waals surface area (Å²) in [6, 6.07) is 12.1. The van der Waals surface area contributed by atoms with Gasteiger partial charge in [0.05, 0.1) is 16.6 Å². The van der Waals surface area contributed by atoms with Crippen molar-refractivity contribution in [3.05, 3.63) is 53.6 Å². The van der Waals surface area contributed by atoms with E-state index in [-0.39, 0.29) is 61.3 Å². The van der Waals surface area contributed by atoms with Crippen molar-refractivity contribution in [3.8, 4) is 5.75 Å². The summed E-state index contributed by atoms with van der Waals surface area (Å²) < 4.78 is 36.9. The lowest BCUT2D eigenvalue weighted by Crippen LogP contribution is -2.63. The van der Waals surface area contributed by atoms with E-state index in [2.05, 4.69) is 15.7 Å². The first-order valence-electron chi connectivity index (χ1n) is 24.8. The number of anilines is 2. The first kappa shape index (κ1) is 58.4. The van der Waals surface area contributed by atoms with Gasteiger partial charge in [0.1, 0.15) is 59.9 Å². The van der Waals surface area contributed by atoms with Crippen LogP contribution in [0.5, 0.6) is 5.75 Å². The number of hydrogen-bond acceptors (Lipinski definition) is 16. The molecule has 1 saturated heterocycles. The molecule has 0 saturated carbocycles. The number of amides is 2. The van der Waals surface area contributed by atoms with Crippen LogP contribution < -0.4 is 15.4 Å². The molecule has 71 heavy (non-hydrogen) atoms. The van der Waals surface area contributed by atoms with E-state index in [0.717, 1.165) is 11.3 Å². The summed E-state index contributed by atoms with van der Waals surface area (Å²) in [7, 11) is 3.44. The fourth-order valence-corrected chi connectivity index (χ4v) is 7.14. The van der Waals surface area contributed by atoms with Gasteiger partial charge in [-0.05, 0) is 113 Å². The zero-order chi connectivity index (χ0) is 56.2. The van der Waals surface area contributed by atoms with Gasteiger partial charge in [0.25, 0.3) is 5.91 Å². The largest absolute Gasteiger partial charge is 0.485 e. The molecule has 5 unspecified atom stereocenters. The number of nitrogens with zero attached hydrogens (tertiary/aromatic N) is 2. The van der Waals surface area contributed by atoms with E-state index in [1.807, 2.05) is 56.9 Å². The average Bonchev–Trinajstić information content (AvgIpc) is 3.30. The summed E-state index contributed by atoms with van der Waals surface area (Å²) in [6.45, 7) is 24.8. The number of aliphatic carboxylic acids is 1. The Hall–Kier alpha value is -5.18. The number of aliphatic hydroxyl groups is 4. The average molecular weight is 1010 g/mol. The Morgan fingerprint density at radius 3 is 1.93 bits per heavy atom. The van der Waals surface area contributed by atoms with E-state index in [9.17, 15) is 49.2 Å². The van der Waals surface area contributed by atoms with Gasteiger partial charge in [0, 0.05) is 50.7 Å². The second kappa shape index (κ2) is 25.0. The number of rotatable bonds is 23. The van der Waals surface area contributed by atoms with Gasteiger partial charge in [-0.3, -0.25) is 33.7 Å². The van der Waals surface area contributed by atoms with Gasteiger partial charge >= 0.3 is 17.9 Å². The molecular formula is C52H82N4O15. The highest BCUT2D eigenvalue weighted by Gasteiger charge is 2.54. The zero-order valence-corrected chi connectivity index (χ0v) is 44.5. The molecule has 1 fully saturated rings. The van der Waals surface area contributed by atoms with Crippen molar-refractivity contribution in [2.24, 2.45) is 23.2 Å². The van der Waals surface area contributed by atoms with Crippen LogP contribution in [0.25, 0.3) is 0 Å². The summed E-state index contributed by atoms with van der Waals surface area (Å²) in [5.74, 6) is -4.62. The molecule has 2 amide bonds. The minimum absolute atomic E-state index is 0.0670. The number of Topliss-reactive ketones (excluding diaryl/α,β-unsaturated/α-hetero) is 1. The van der Waals surface area contributed by atoms with E-state index in [4.69, 9.17) is 21.7 Å². The van der Waals surface area contributed by atoms with Crippen LogP contribution in [-0.4, -0.2) is 146 Å². The molecule has 2 aromatic carbocycles. The molecule has 5 atom stereocenters. The molecule has 7 N–H and O–H groups in total. The normalized spacial score (nSPS) is 19.2. The molecule has 0 bridgehead atoms. The third-order valence-electron chi connectivity index (χ3n) is 12.4. The van der Waals surface area contributed by atoms with E-state index in [0.29, 0.717) is 30.8 Å². The van der Waals surface area contributed by atoms with Gasteiger partial charge in [-0.25, -0.2) is 0 Å². The van der Waals surface area contributed by atoms with Crippen LogP contribution in [0.1, 0.15) is 123 Å². The number of likely N-dealkylation sites (N-methyl/N-ethyl adjacent to an activating group) is 2. The molecule has 0 radical (unpaired) electrons. The highest BCUT2D eigenvalue weighted by molar-refractivity contribution is 5.93. The lowest BCUT2D eigenvalue weighted by atomic mass is 9.81. The Morgan fingerprint density at radius 2 is 1.39 bits per heavy atom. The molecule has 0 aromatic heterocycles. The molecule has 19 nitrogen and oxygen atoms in total. The van der Waals surface area contributed by atoms with Crippen LogP contribution in [0.2, 0.25) is 0 Å². The number of ketones is 1. The van der Waals surface area contributed by atoms with Crippen molar-refractivity contribution in [1.29, 1.82) is 1.43 Å². The van der Waals surface area contributed by atoms with E-state index in [1.54, 1.807) is 75.6 Å².